The summed E-state index contributed by atoms with van der Waals surface area (Å²) in [5, 5.41) is 3.54. The van der Waals surface area contributed by atoms with E-state index < -0.39 is 0 Å². The Labute approximate surface area is 127 Å². The Morgan fingerprint density at radius 1 is 1.26 bits per heavy atom. The number of anilines is 1. The molecule has 0 fully saturated rings. The van der Waals surface area contributed by atoms with Crippen molar-refractivity contribution >= 4 is 33.0 Å². The summed E-state index contributed by atoms with van der Waals surface area (Å²) in [6.07, 6.45) is 0. The highest BCUT2D eigenvalue weighted by Crippen LogP contribution is 2.27. The minimum Gasteiger partial charge on any atom is -0.380 e. The zero-order chi connectivity index (χ0) is 13.8. The number of hydrogen-bond acceptors (Lipinski definition) is 3. The zero-order valence-corrected chi connectivity index (χ0v) is 13.9. The van der Waals surface area contributed by atoms with Gasteiger partial charge in [0.05, 0.1) is 0 Å². The molecule has 0 saturated heterocycles. The van der Waals surface area contributed by atoms with Gasteiger partial charge in [0.25, 0.3) is 0 Å². The van der Waals surface area contributed by atoms with E-state index in [4.69, 9.17) is 0 Å². The molecule has 1 aromatic carbocycles. The molecule has 0 aliphatic heterocycles. The molecule has 1 aromatic heterocycles. The van der Waals surface area contributed by atoms with Crippen LogP contribution in [0.15, 0.2) is 34.8 Å². The molecule has 2 nitrogen and oxygen atoms in total. The largest absolute Gasteiger partial charge is 0.380 e. The van der Waals surface area contributed by atoms with Gasteiger partial charge in [-0.05, 0) is 54.6 Å². The fourth-order valence-corrected chi connectivity index (χ4v) is 3.50. The van der Waals surface area contributed by atoms with E-state index in [2.05, 4.69) is 77.5 Å². The van der Waals surface area contributed by atoms with Crippen molar-refractivity contribution in [1.29, 1.82) is 0 Å². The Hall–Kier alpha value is -0.840. The van der Waals surface area contributed by atoms with E-state index in [0.29, 0.717) is 0 Å². The van der Waals surface area contributed by atoms with Gasteiger partial charge in [-0.1, -0.05) is 18.2 Å². The van der Waals surface area contributed by atoms with Crippen LogP contribution in [0.25, 0.3) is 0 Å². The van der Waals surface area contributed by atoms with Gasteiger partial charge in [-0.3, -0.25) is 0 Å². The molecule has 2 rings (SSSR count). The Morgan fingerprint density at radius 2 is 2.00 bits per heavy atom. The van der Waals surface area contributed by atoms with Crippen LogP contribution in [0.1, 0.15) is 15.3 Å². The monoisotopic (exact) mass is 338 g/mol. The summed E-state index contributed by atoms with van der Waals surface area (Å²) in [7, 11) is 4.19. The summed E-state index contributed by atoms with van der Waals surface area (Å²) < 4.78 is 1.20. The van der Waals surface area contributed by atoms with Crippen LogP contribution in [0.4, 0.5) is 5.69 Å². The minimum atomic E-state index is 0.877. The van der Waals surface area contributed by atoms with Gasteiger partial charge in [-0.15, -0.1) is 11.3 Å². The van der Waals surface area contributed by atoms with Crippen LogP contribution in [0.3, 0.4) is 0 Å². The second-order valence-corrected chi connectivity index (χ2v) is 7.06. The van der Waals surface area contributed by atoms with E-state index in [1.165, 1.54) is 25.5 Å². The number of thiophene rings is 1. The van der Waals surface area contributed by atoms with Crippen LogP contribution in [0.2, 0.25) is 0 Å². The highest BCUT2D eigenvalue weighted by atomic mass is 79.9. The Morgan fingerprint density at radius 3 is 2.63 bits per heavy atom. The van der Waals surface area contributed by atoms with Crippen molar-refractivity contribution in [3.63, 3.8) is 0 Å². The van der Waals surface area contributed by atoms with Gasteiger partial charge in [-0.2, -0.15) is 0 Å². The number of benzene rings is 1. The fourth-order valence-electron chi connectivity index (χ4n) is 1.96. The van der Waals surface area contributed by atoms with Crippen LogP contribution in [-0.2, 0) is 13.1 Å². The van der Waals surface area contributed by atoms with E-state index in [1.807, 2.05) is 11.3 Å². The molecule has 0 saturated carbocycles. The van der Waals surface area contributed by atoms with Gasteiger partial charge >= 0.3 is 0 Å². The molecule has 0 aliphatic rings. The van der Waals surface area contributed by atoms with Crippen LogP contribution in [-0.4, -0.2) is 19.0 Å². The van der Waals surface area contributed by atoms with Crippen molar-refractivity contribution in [3.8, 4) is 0 Å². The summed E-state index contributed by atoms with van der Waals surface area (Å²) >= 11 is 5.40. The molecule has 1 N–H and O–H groups in total. The molecule has 0 radical (unpaired) electrons. The van der Waals surface area contributed by atoms with Crippen molar-refractivity contribution in [2.24, 2.45) is 0 Å². The van der Waals surface area contributed by atoms with Crippen LogP contribution in [0, 0.1) is 6.92 Å². The molecule has 0 bridgehead atoms. The number of halogens is 1. The lowest BCUT2D eigenvalue weighted by atomic mass is 10.1. The number of aryl methyl sites for hydroxylation is 1. The molecule has 0 spiro atoms. The summed E-state index contributed by atoms with van der Waals surface area (Å²) in [5.41, 5.74) is 2.55. The molecule has 0 unspecified atom stereocenters. The SMILES string of the molecule is Cc1sc(CNc2ccccc2CN(C)C)cc1Br. The van der Waals surface area contributed by atoms with Crippen LogP contribution in [0.5, 0.6) is 0 Å². The summed E-state index contributed by atoms with van der Waals surface area (Å²) in [6, 6.07) is 10.7. The first-order valence-corrected chi connectivity index (χ1v) is 7.88. The summed E-state index contributed by atoms with van der Waals surface area (Å²) in [4.78, 5) is 4.87. The van der Waals surface area contributed by atoms with Gasteiger partial charge in [0.2, 0.25) is 0 Å². The smallest absolute Gasteiger partial charge is 0.0494 e. The van der Waals surface area contributed by atoms with Crippen LogP contribution < -0.4 is 5.32 Å². The van der Waals surface area contributed by atoms with Crippen molar-refractivity contribution in [3.05, 3.63) is 50.1 Å². The summed E-state index contributed by atoms with van der Waals surface area (Å²) in [6.45, 7) is 3.97. The first kappa shape index (κ1) is 14.6. The molecule has 0 aliphatic carbocycles. The van der Waals surface area contributed by atoms with E-state index in [0.717, 1.165) is 13.1 Å². The number of rotatable bonds is 5. The Bertz CT molecular complexity index is 529. The zero-order valence-electron chi connectivity index (χ0n) is 11.5. The second-order valence-electron chi connectivity index (χ2n) is 4.87. The van der Waals surface area contributed by atoms with Crippen molar-refractivity contribution < 1.29 is 0 Å². The van der Waals surface area contributed by atoms with E-state index >= 15 is 0 Å². The topological polar surface area (TPSA) is 15.3 Å². The molecule has 4 heteroatoms. The van der Waals surface area contributed by atoms with E-state index in [-0.39, 0.29) is 0 Å². The van der Waals surface area contributed by atoms with Gasteiger partial charge in [-0.25, -0.2) is 0 Å². The maximum atomic E-state index is 3.57. The first-order valence-electron chi connectivity index (χ1n) is 6.27. The third-order valence-corrected chi connectivity index (χ3v) is 5.00. The van der Waals surface area contributed by atoms with Gasteiger partial charge < -0.3 is 10.2 Å². The quantitative estimate of drug-likeness (QED) is 0.863. The number of para-hydroxylation sites is 1. The molecule has 102 valence electrons. The lowest BCUT2D eigenvalue weighted by Crippen LogP contribution is -2.12. The predicted octanol–water partition coefficient (Wildman–Crippen LogP) is 4.49. The molecule has 1 heterocycles. The molecule has 19 heavy (non-hydrogen) atoms. The lowest BCUT2D eigenvalue weighted by Gasteiger charge is -2.15. The first-order chi connectivity index (χ1) is 9.06. The average molecular weight is 339 g/mol. The van der Waals surface area contributed by atoms with Gasteiger partial charge in [0, 0.05) is 33.0 Å². The highest BCUT2D eigenvalue weighted by Gasteiger charge is 2.05. The number of nitrogens with one attached hydrogen (secondary N) is 1. The maximum absolute atomic E-state index is 3.57. The molecule has 2 aromatic rings. The minimum absolute atomic E-state index is 0.877. The third-order valence-electron chi connectivity index (χ3n) is 2.87. The average Bonchev–Trinajstić information content (AvgIpc) is 2.67. The fraction of sp³-hybridized carbons (Fsp3) is 0.333. The lowest BCUT2D eigenvalue weighted by molar-refractivity contribution is 0.403. The van der Waals surface area contributed by atoms with Crippen molar-refractivity contribution in [2.75, 3.05) is 19.4 Å². The van der Waals surface area contributed by atoms with Crippen molar-refractivity contribution in [2.45, 2.75) is 20.0 Å². The summed E-state index contributed by atoms with van der Waals surface area (Å²) in [5.74, 6) is 0. The number of hydrogen-bond donors (Lipinski definition) is 1. The molecular weight excluding hydrogens is 320 g/mol. The standard InChI is InChI=1S/C15H19BrN2S/c1-11-14(16)8-13(19-11)9-17-15-7-5-4-6-12(15)10-18(2)3/h4-8,17H,9-10H2,1-3H3. The van der Waals surface area contributed by atoms with Crippen LogP contribution >= 0.6 is 27.3 Å². The predicted molar refractivity (Wildman–Crippen MR) is 87.9 cm³/mol. The Balaban J connectivity index is 2.06. The van der Waals surface area contributed by atoms with E-state index in [9.17, 15) is 0 Å². The molecular formula is C15H19BrN2S. The Kier molecular flexibility index (Phi) is 5.02. The van der Waals surface area contributed by atoms with Gasteiger partial charge in [0.1, 0.15) is 0 Å². The number of nitrogens with zero attached hydrogens (tertiary/aromatic N) is 1. The third kappa shape index (κ3) is 4.06. The maximum Gasteiger partial charge on any atom is 0.0494 e. The van der Waals surface area contributed by atoms with Gasteiger partial charge in [0.15, 0.2) is 0 Å². The van der Waals surface area contributed by atoms with E-state index in [1.54, 1.807) is 0 Å². The molecule has 0 atom stereocenters. The molecule has 0 amide bonds. The highest BCUT2D eigenvalue weighted by molar-refractivity contribution is 9.10. The van der Waals surface area contributed by atoms with Crippen molar-refractivity contribution in [1.82, 2.24) is 4.90 Å². The normalized spacial score (nSPS) is 11.0. The second kappa shape index (κ2) is 6.55.